The monoisotopic (exact) mass is 230 g/mol. The number of anilines is 1. The minimum absolute atomic E-state index is 0.757. The van der Waals surface area contributed by atoms with Crippen LogP contribution in [0.4, 0.5) is 5.69 Å². The Morgan fingerprint density at radius 1 is 1.12 bits per heavy atom. The van der Waals surface area contributed by atoms with Crippen LogP contribution < -0.4 is 5.32 Å². The Balaban J connectivity index is 2.18. The van der Waals surface area contributed by atoms with Gasteiger partial charge in [0.1, 0.15) is 5.76 Å². The predicted molar refractivity (Wildman–Crippen MR) is 69.2 cm³/mol. The van der Waals surface area contributed by atoms with E-state index in [1.807, 2.05) is 13.8 Å². The minimum atomic E-state index is 0.757. The zero-order valence-electron chi connectivity index (χ0n) is 10.8. The van der Waals surface area contributed by atoms with Gasteiger partial charge in [0.25, 0.3) is 0 Å². The number of nitrogens with zero attached hydrogens (tertiary/aromatic N) is 1. The van der Waals surface area contributed by atoms with E-state index in [9.17, 15) is 0 Å². The molecule has 1 heterocycles. The summed E-state index contributed by atoms with van der Waals surface area (Å²) in [6, 6.07) is 6.30. The van der Waals surface area contributed by atoms with E-state index in [0.29, 0.717) is 0 Å². The van der Waals surface area contributed by atoms with E-state index in [1.54, 1.807) is 0 Å². The molecule has 0 atom stereocenters. The minimum Gasteiger partial charge on any atom is -0.380 e. The van der Waals surface area contributed by atoms with Gasteiger partial charge in [-0.25, -0.2) is 0 Å². The molecule has 2 rings (SSSR count). The van der Waals surface area contributed by atoms with Crippen LogP contribution in [0, 0.1) is 27.7 Å². The molecule has 0 saturated carbocycles. The molecule has 1 N–H and O–H groups in total. The summed E-state index contributed by atoms with van der Waals surface area (Å²) < 4.78 is 5.15. The van der Waals surface area contributed by atoms with Crippen molar-refractivity contribution in [2.45, 2.75) is 34.2 Å². The highest BCUT2D eigenvalue weighted by molar-refractivity contribution is 5.56. The van der Waals surface area contributed by atoms with Gasteiger partial charge in [0, 0.05) is 17.8 Å². The van der Waals surface area contributed by atoms with Crippen LogP contribution in [0.5, 0.6) is 0 Å². The number of aromatic nitrogens is 1. The van der Waals surface area contributed by atoms with Crippen molar-refractivity contribution in [2.75, 3.05) is 5.32 Å². The van der Waals surface area contributed by atoms with Crippen LogP contribution in [-0.4, -0.2) is 5.16 Å². The number of hydrogen-bond donors (Lipinski definition) is 1. The zero-order valence-corrected chi connectivity index (χ0v) is 10.8. The van der Waals surface area contributed by atoms with E-state index in [2.05, 4.69) is 42.5 Å². The molecule has 0 bridgehead atoms. The second-order valence-corrected chi connectivity index (χ2v) is 4.42. The van der Waals surface area contributed by atoms with Gasteiger partial charge in [0.2, 0.25) is 0 Å². The molecule has 3 nitrogen and oxygen atoms in total. The van der Waals surface area contributed by atoms with Crippen molar-refractivity contribution in [3.63, 3.8) is 0 Å². The van der Waals surface area contributed by atoms with Crippen molar-refractivity contribution in [2.24, 2.45) is 0 Å². The molecule has 17 heavy (non-hydrogen) atoms. The Bertz CT molecular complexity index is 489. The first-order valence-electron chi connectivity index (χ1n) is 5.81. The second kappa shape index (κ2) is 4.62. The van der Waals surface area contributed by atoms with Gasteiger partial charge >= 0.3 is 0 Å². The third-order valence-corrected chi connectivity index (χ3v) is 3.10. The van der Waals surface area contributed by atoms with E-state index in [0.717, 1.165) is 23.6 Å². The fraction of sp³-hybridized carbons (Fsp3) is 0.357. The number of para-hydroxylation sites is 1. The average molecular weight is 230 g/mol. The van der Waals surface area contributed by atoms with Crippen LogP contribution in [0.25, 0.3) is 0 Å². The molecule has 0 fully saturated rings. The Hall–Kier alpha value is -1.77. The van der Waals surface area contributed by atoms with Gasteiger partial charge in [-0.15, -0.1) is 0 Å². The smallest absolute Gasteiger partial charge is 0.138 e. The van der Waals surface area contributed by atoms with Crippen molar-refractivity contribution >= 4 is 5.69 Å². The summed E-state index contributed by atoms with van der Waals surface area (Å²) in [7, 11) is 0. The largest absolute Gasteiger partial charge is 0.380 e. The third-order valence-electron chi connectivity index (χ3n) is 3.10. The highest BCUT2D eigenvalue weighted by atomic mass is 16.5. The van der Waals surface area contributed by atoms with Crippen LogP contribution in [0.3, 0.4) is 0 Å². The van der Waals surface area contributed by atoms with Gasteiger partial charge in [0.15, 0.2) is 0 Å². The lowest BCUT2D eigenvalue weighted by Crippen LogP contribution is -2.04. The summed E-state index contributed by atoms with van der Waals surface area (Å²) in [5, 5.41) is 7.42. The third kappa shape index (κ3) is 2.33. The maximum Gasteiger partial charge on any atom is 0.138 e. The standard InChI is InChI=1S/C14H18N2O/c1-9-6-5-7-10(2)14(9)15-8-13-11(3)16-17-12(13)4/h5-7,15H,8H2,1-4H3. The Morgan fingerprint density at radius 2 is 1.76 bits per heavy atom. The molecule has 2 aromatic rings. The molecule has 0 saturated heterocycles. The molecule has 3 heteroatoms. The maximum absolute atomic E-state index is 5.15. The number of hydrogen-bond acceptors (Lipinski definition) is 3. The molecule has 1 aromatic carbocycles. The van der Waals surface area contributed by atoms with Crippen molar-refractivity contribution < 1.29 is 4.52 Å². The number of aryl methyl sites for hydroxylation is 4. The molecule has 0 aliphatic heterocycles. The summed E-state index contributed by atoms with van der Waals surface area (Å²) in [5.41, 5.74) is 5.83. The first-order chi connectivity index (χ1) is 8.09. The lowest BCUT2D eigenvalue weighted by molar-refractivity contribution is 0.392. The fourth-order valence-corrected chi connectivity index (χ4v) is 2.02. The molecular weight excluding hydrogens is 212 g/mol. The molecular formula is C14H18N2O. The molecule has 0 aliphatic carbocycles. The number of benzene rings is 1. The van der Waals surface area contributed by atoms with Crippen LogP contribution in [0.15, 0.2) is 22.7 Å². The summed E-state index contributed by atoms with van der Waals surface area (Å²) >= 11 is 0. The molecule has 0 unspecified atom stereocenters. The van der Waals surface area contributed by atoms with Crippen molar-refractivity contribution in [3.05, 3.63) is 46.3 Å². The maximum atomic E-state index is 5.15. The van der Waals surface area contributed by atoms with Gasteiger partial charge in [-0.3, -0.25) is 0 Å². The van der Waals surface area contributed by atoms with Crippen molar-refractivity contribution in [3.8, 4) is 0 Å². The zero-order chi connectivity index (χ0) is 12.4. The summed E-state index contributed by atoms with van der Waals surface area (Å²) in [6.45, 7) is 8.90. The van der Waals surface area contributed by atoms with Crippen LogP contribution in [0.1, 0.15) is 28.1 Å². The molecule has 90 valence electrons. The first-order valence-corrected chi connectivity index (χ1v) is 5.81. The van der Waals surface area contributed by atoms with Crippen LogP contribution in [0.2, 0.25) is 0 Å². The van der Waals surface area contributed by atoms with Gasteiger partial charge in [-0.05, 0) is 38.8 Å². The Kier molecular flexibility index (Phi) is 3.18. The van der Waals surface area contributed by atoms with Crippen molar-refractivity contribution in [1.82, 2.24) is 5.16 Å². The SMILES string of the molecule is Cc1cccc(C)c1NCc1c(C)noc1C. The molecule has 0 radical (unpaired) electrons. The fourth-order valence-electron chi connectivity index (χ4n) is 2.02. The normalized spacial score (nSPS) is 10.6. The van der Waals surface area contributed by atoms with E-state index in [1.165, 1.54) is 16.8 Å². The number of nitrogens with one attached hydrogen (secondary N) is 1. The highest BCUT2D eigenvalue weighted by Gasteiger charge is 2.09. The molecule has 0 amide bonds. The first kappa shape index (κ1) is 11.7. The molecule has 0 spiro atoms. The number of rotatable bonds is 3. The highest BCUT2D eigenvalue weighted by Crippen LogP contribution is 2.21. The van der Waals surface area contributed by atoms with E-state index in [4.69, 9.17) is 4.52 Å². The van der Waals surface area contributed by atoms with E-state index < -0.39 is 0 Å². The van der Waals surface area contributed by atoms with E-state index >= 15 is 0 Å². The van der Waals surface area contributed by atoms with Crippen LogP contribution >= 0.6 is 0 Å². The lowest BCUT2D eigenvalue weighted by Gasteiger charge is -2.12. The average Bonchev–Trinajstić information content (AvgIpc) is 2.59. The van der Waals surface area contributed by atoms with Gasteiger partial charge in [0.05, 0.1) is 5.69 Å². The lowest BCUT2D eigenvalue weighted by atomic mass is 10.1. The Morgan fingerprint density at radius 3 is 2.29 bits per heavy atom. The van der Waals surface area contributed by atoms with Crippen molar-refractivity contribution in [1.29, 1.82) is 0 Å². The van der Waals surface area contributed by atoms with Gasteiger partial charge in [-0.1, -0.05) is 23.4 Å². The summed E-state index contributed by atoms with van der Waals surface area (Å²) in [4.78, 5) is 0. The summed E-state index contributed by atoms with van der Waals surface area (Å²) in [5.74, 6) is 0.890. The molecule has 0 aliphatic rings. The van der Waals surface area contributed by atoms with E-state index in [-0.39, 0.29) is 0 Å². The predicted octanol–water partition coefficient (Wildman–Crippen LogP) is 3.52. The van der Waals surface area contributed by atoms with Crippen LogP contribution in [-0.2, 0) is 6.54 Å². The Labute approximate surface area is 102 Å². The topological polar surface area (TPSA) is 38.1 Å². The van der Waals surface area contributed by atoms with Gasteiger partial charge < -0.3 is 9.84 Å². The summed E-state index contributed by atoms with van der Waals surface area (Å²) in [6.07, 6.45) is 0. The second-order valence-electron chi connectivity index (χ2n) is 4.42. The molecule has 1 aromatic heterocycles. The quantitative estimate of drug-likeness (QED) is 0.876. The van der Waals surface area contributed by atoms with Gasteiger partial charge in [-0.2, -0.15) is 0 Å².